The van der Waals surface area contributed by atoms with Crippen molar-refractivity contribution < 1.29 is 13.5 Å². The lowest BCUT2D eigenvalue weighted by Crippen LogP contribution is -2.14. The fraction of sp³-hybridized carbons (Fsp3) is 0.312. The Balaban J connectivity index is 1.88. The number of methoxy groups -OCH3 is 1. The Morgan fingerprint density at radius 1 is 1.24 bits per heavy atom. The van der Waals surface area contributed by atoms with Crippen molar-refractivity contribution in [2.45, 2.75) is 18.9 Å². The molecule has 3 aromatic heterocycles. The monoisotopic (exact) mass is 428 g/mol. The first-order valence-electron chi connectivity index (χ1n) is 7.47. The maximum atomic E-state index is 12.7. The predicted octanol–water partition coefficient (Wildman–Crippen LogP) is 4.73. The summed E-state index contributed by atoms with van der Waals surface area (Å²) in [5, 5.41) is 4.21. The highest BCUT2D eigenvalue weighted by Gasteiger charge is 2.18. The molecule has 0 fully saturated rings. The molecule has 0 aliphatic rings. The van der Waals surface area contributed by atoms with Crippen LogP contribution in [0.2, 0.25) is 0 Å². The quantitative estimate of drug-likeness (QED) is 0.545. The van der Waals surface area contributed by atoms with E-state index in [0.717, 1.165) is 27.1 Å². The number of alkyl halides is 2. The maximum Gasteiger partial charge on any atom is 0.289 e. The Bertz CT molecular complexity index is 822. The maximum absolute atomic E-state index is 12.7. The summed E-state index contributed by atoms with van der Waals surface area (Å²) in [6, 6.07) is 3.74. The van der Waals surface area contributed by atoms with Gasteiger partial charge in [0.15, 0.2) is 5.01 Å². The van der Waals surface area contributed by atoms with E-state index in [4.69, 9.17) is 4.74 Å². The summed E-state index contributed by atoms with van der Waals surface area (Å²) in [7, 11) is 1.64. The van der Waals surface area contributed by atoms with Crippen molar-refractivity contribution in [2.75, 3.05) is 13.7 Å². The largest absolute Gasteiger partial charge is 0.385 e. The van der Waals surface area contributed by atoms with Gasteiger partial charge in [-0.15, -0.1) is 11.3 Å². The second kappa shape index (κ2) is 8.11. The highest BCUT2D eigenvalue weighted by molar-refractivity contribution is 9.10. The van der Waals surface area contributed by atoms with Gasteiger partial charge in [-0.1, -0.05) is 0 Å². The third kappa shape index (κ3) is 4.28. The fourth-order valence-corrected chi connectivity index (χ4v) is 3.37. The molecular formula is C16H15BrF2N4OS. The first kappa shape index (κ1) is 18.1. The van der Waals surface area contributed by atoms with Gasteiger partial charge in [-0.05, 0) is 34.5 Å². The molecule has 9 heteroatoms. The van der Waals surface area contributed by atoms with Crippen LogP contribution in [0.5, 0.6) is 0 Å². The Morgan fingerprint density at radius 2 is 2.08 bits per heavy atom. The van der Waals surface area contributed by atoms with Gasteiger partial charge in [0.05, 0.1) is 22.8 Å². The zero-order chi connectivity index (χ0) is 17.8. The summed E-state index contributed by atoms with van der Waals surface area (Å²) in [6.07, 6.45) is 4.80. The van der Waals surface area contributed by atoms with Crippen LogP contribution in [0.3, 0.4) is 0 Å². The van der Waals surface area contributed by atoms with Crippen LogP contribution in [-0.4, -0.2) is 33.5 Å². The van der Waals surface area contributed by atoms with E-state index in [-0.39, 0.29) is 11.0 Å². The van der Waals surface area contributed by atoms with E-state index in [1.165, 1.54) is 6.20 Å². The average Bonchev–Trinajstić information content (AvgIpc) is 3.26. The van der Waals surface area contributed by atoms with Crippen molar-refractivity contribution in [2.24, 2.45) is 0 Å². The number of nitrogens with zero attached hydrogens (tertiary/aromatic N) is 4. The summed E-state index contributed by atoms with van der Waals surface area (Å²) in [4.78, 5) is 8.87. The van der Waals surface area contributed by atoms with Crippen molar-refractivity contribution in [1.29, 1.82) is 0 Å². The lowest BCUT2D eigenvalue weighted by atomic mass is 10.1. The van der Waals surface area contributed by atoms with Crippen LogP contribution < -0.4 is 0 Å². The van der Waals surface area contributed by atoms with E-state index in [1.807, 2.05) is 18.3 Å². The van der Waals surface area contributed by atoms with Crippen molar-refractivity contribution in [3.8, 4) is 10.4 Å². The Kier molecular flexibility index (Phi) is 5.87. The summed E-state index contributed by atoms with van der Waals surface area (Å²) in [6.45, 7) is 0.549. The molecule has 3 rings (SSSR count). The first-order chi connectivity index (χ1) is 12.1. The Hall–Kier alpha value is -1.71. The van der Waals surface area contributed by atoms with Crippen molar-refractivity contribution in [3.63, 3.8) is 0 Å². The van der Waals surface area contributed by atoms with E-state index < -0.39 is 6.43 Å². The summed E-state index contributed by atoms with van der Waals surface area (Å²) < 4.78 is 33.3. The summed E-state index contributed by atoms with van der Waals surface area (Å²) >= 11 is 4.35. The number of aromatic nitrogens is 4. The highest BCUT2D eigenvalue weighted by Crippen LogP contribution is 2.32. The molecule has 0 bridgehead atoms. The number of thiazole rings is 1. The van der Waals surface area contributed by atoms with Crippen LogP contribution in [0.25, 0.3) is 10.4 Å². The molecule has 3 heterocycles. The van der Waals surface area contributed by atoms with Gasteiger partial charge in [0.25, 0.3) is 6.43 Å². The van der Waals surface area contributed by atoms with E-state index in [9.17, 15) is 8.78 Å². The van der Waals surface area contributed by atoms with E-state index >= 15 is 0 Å². The number of rotatable bonds is 7. The van der Waals surface area contributed by atoms with Gasteiger partial charge in [0.1, 0.15) is 0 Å². The highest BCUT2D eigenvalue weighted by atomic mass is 79.9. The smallest absolute Gasteiger partial charge is 0.289 e. The normalized spacial score (nSPS) is 12.7. The molecule has 1 atom stereocenters. The van der Waals surface area contributed by atoms with Gasteiger partial charge < -0.3 is 4.74 Å². The second-order valence-corrected chi connectivity index (χ2v) is 7.25. The molecule has 0 aliphatic heterocycles. The first-order valence-corrected chi connectivity index (χ1v) is 9.08. The van der Waals surface area contributed by atoms with Crippen LogP contribution in [0.15, 0.2) is 41.4 Å². The molecular weight excluding hydrogens is 414 g/mol. The molecule has 0 aromatic carbocycles. The molecule has 0 spiro atoms. The Morgan fingerprint density at radius 3 is 2.72 bits per heavy atom. The van der Waals surface area contributed by atoms with Crippen LogP contribution >= 0.6 is 27.3 Å². The molecule has 0 radical (unpaired) electrons. The third-order valence-electron chi connectivity index (χ3n) is 3.60. The second-order valence-electron chi connectivity index (χ2n) is 5.27. The van der Waals surface area contributed by atoms with Crippen molar-refractivity contribution >= 4 is 27.3 Å². The molecule has 0 aliphatic carbocycles. The summed E-state index contributed by atoms with van der Waals surface area (Å²) in [5.41, 5.74) is 1.61. The van der Waals surface area contributed by atoms with Gasteiger partial charge in [-0.2, -0.15) is 5.10 Å². The molecule has 5 nitrogen and oxygen atoms in total. The molecule has 0 amide bonds. The van der Waals surface area contributed by atoms with Crippen LogP contribution in [-0.2, 0) is 4.74 Å². The lowest BCUT2D eigenvalue weighted by molar-refractivity contribution is 0.151. The number of pyridine rings is 1. The SMILES string of the molecule is COCCC(c1ccc(Br)cn1)n1cc(-c2cnc(C(F)F)s2)cn1. The molecule has 132 valence electrons. The van der Waals surface area contributed by atoms with Gasteiger partial charge in [-0.25, -0.2) is 13.8 Å². The van der Waals surface area contributed by atoms with E-state index in [1.54, 1.807) is 24.2 Å². The molecule has 0 saturated carbocycles. The van der Waals surface area contributed by atoms with Crippen LogP contribution in [0.1, 0.15) is 29.6 Å². The minimum Gasteiger partial charge on any atom is -0.385 e. The molecule has 3 aromatic rings. The lowest BCUT2D eigenvalue weighted by Gasteiger charge is -2.16. The fourth-order valence-electron chi connectivity index (χ4n) is 2.39. The van der Waals surface area contributed by atoms with Gasteiger partial charge in [0, 0.05) is 42.3 Å². The van der Waals surface area contributed by atoms with E-state index in [2.05, 4.69) is 31.0 Å². The Labute approximate surface area is 155 Å². The standard InChI is InChI=1S/C16H15BrF2N4OS/c1-24-5-4-13(12-3-2-11(17)7-20-12)23-9-10(6-22-23)14-8-21-16(25-14)15(18)19/h2-3,6-9,13,15H,4-5H2,1H3. The average molecular weight is 429 g/mol. The number of hydrogen-bond donors (Lipinski definition) is 0. The number of halogens is 3. The van der Waals surface area contributed by atoms with E-state index in [0.29, 0.717) is 17.9 Å². The molecule has 25 heavy (non-hydrogen) atoms. The topological polar surface area (TPSA) is 52.8 Å². The summed E-state index contributed by atoms with van der Waals surface area (Å²) in [5.74, 6) is 0. The van der Waals surface area contributed by atoms with Gasteiger partial charge >= 0.3 is 0 Å². The molecule has 0 saturated heterocycles. The number of ether oxygens (including phenoxy) is 1. The van der Waals surface area contributed by atoms with Crippen LogP contribution in [0, 0.1) is 0 Å². The van der Waals surface area contributed by atoms with Crippen molar-refractivity contribution in [1.82, 2.24) is 19.7 Å². The third-order valence-corrected chi connectivity index (χ3v) is 5.13. The van der Waals surface area contributed by atoms with Crippen molar-refractivity contribution in [3.05, 3.63) is 52.1 Å². The zero-order valence-corrected chi connectivity index (χ0v) is 15.7. The minimum absolute atomic E-state index is 0.107. The minimum atomic E-state index is -2.56. The van der Waals surface area contributed by atoms with Crippen LogP contribution in [0.4, 0.5) is 8.78 Å². The predicted molar refractivity (Wildman–Crippen MR) is 94.9 cm³/mol. The molecule has 0 N–H and O–H groups in total. The zero-order valence-electron chi connectivity index (χ0n) is 13.3. The molecule has 1 unspecified atom stereocenters. The van der Waals surface area contributed by atoms with Gasteiger partial charge in [0.2, 0.25) is 0 Å². The number of hydrogen-bond acceptors (Lipinski definition) is 5. The van der Waals surface area contributed by atoms with Gasteiger partial charge in [-0.3, -0.25) is 9.67 Å².